The highest BCUT2D eigenvalue weighted by atomic mass is 19.1. The summed E-state index contributed by atoms with van der Waals surface area (Å²) in [6, 6.07) is 5.31. The van der Waals surface area contributed by atoms with Crippen LogP contribution in [0.3, 0.4) is 0 Å². The standard InChI is InChI=1S/C14H24FN3/c1-4-18(9-5-8-17(2)3)13-7-6-12(11-16)14(15)10-13/h6-7,10H,4-5,8-9,11,16H2,1-3H3. The molecule has 0 radical (unpaired) electrons. The zero-order valence-corrected chi connectivity index (χ0v) is 11.6. The Morgan fingerprint density at radius 2 is 1.94 bits per heavy atom. The molecule has 18 heavy (non-hydrogen) atoms. The maximum Gasteiger partial charge on any atom is 0.129 e. The number of rotatable bonds is 7. The van der Waals surface area contributed by atoms with Crippen molar-refractivity contribution in [3.05, 3.63) is 29.6 Å². The summed E-state index contributed by atoms with van der Waals surface area (Å²) in [7, 11) is 4.12. The Hall–Kier alpha value is -1.13. The first-order valence-electron chi connectivity index (χ1n) is 6.46. The zero-order chi connectivity index (χ0) is 13.5. The van der Waals surface area contributed by atoms with Crippen LogP contribution in [-0.4, -0.2) is 38.6 Å². The zero-order valence-electron chi connectivity index (χ0n) is 11.6. The molecule has 1 aromatic rings. The summed E-state index contributed by atoms with van der Waals surface area (Å²) in [5, 5.41) is 0. The molecule has 0 atom stereocenters. The number of nitrogens with two attached hydrogens (primary N) is 1. The minimum Gasteiger partial charge on any atom is -0.372 e. The summed E-state index contributed by atoms with van der Waals surface area (Å²) < 4.78 is 13.7. The van der Waals surface area contributed by atoms with Crippen LogP contribution < -0.4 is 10.6 Å². The molecule has 1 aromatic carbocycles. The molecular weight excluding hydrogens is 229 g/mol. The Kier molecular flexibility index (Phi) is 6.09. The molecule has 0 saturated heterocycles. The molecule has 0 amide bonds. The summed E-state index contributed by atoms with van der Waals surface area (Å²) in [4.78, 5) is 4.35. The van der Waals surface area contributed by atoms with Gasteiger partial charge in [-0.05, 0) is 46.1 Å². The first-order chi connectivity index (χ1) is 8.58. The van der Waals surface area contributed by atoms with E-state index in [2.05, 4.69) is 30.8 Å². The minimum atomic E-state index is -0.207. The number of benzene rings is 1. The van der Waals surface area contributed by atoms with Gasteiger partial charge in [0.05, 0.1) is 0 Å². The average molecular weight is 253 g/mol. The van der Waals surface area contributed by atoms with Crippen molar-refractivity contribution in [2.75, 3.05) is 38.6 Å². The van der Waals surface area contributed by atoms with E-state index in [1.54, 1.807) is 12.1 Å². The van der Waals surface area contributed by atoms with E-state index in [9.17, 15) is 4.39 Å². The highest BCUT2D eigenvalue weighted by molar-refractivity contribution is 5.48. The van der Waals surface area contributed by atoms with Crippen LogP contribution in [0, 0.1) is 5.82 Å². The largest absolute Gasteiger partial charge is 0.372 e. The molecule has 102 valence electrons. The van der Waals surface area contributed by atoms with Crippen LogP contribution in [0.4, 0.5) is 10.1 Å². The van der Waals surface area contributed by atoms with Crippen molar-refractivity contribution in [1.29, 1.82) is 0 Å². The first kappa shape index (κ1) is 14.9. The average Bonchev–Trinajstić information content (AvgIpc) is 2.34. The monoisotopic (exact) mass is 253 g/mol. The van der Waals surface area contributed by atoms with Gasteiger partial charge < -0.3 is 15.5 Å². The number of hydrogen-bond donors (Lipinski definition) is 1. The summed E-state index contributed by atoms with van der Waals surface area (Å²) in [5.74, 6) is -0.207. The van der Waals surface area contributed by atoms with E-state index in [0.29, 0.717) is 5.56 Å². The van der Waals surface area contributed by atoms with Gasteiger partial charge in [-0.1, -0.05) is 6.07 Å². The minimum absolute atomic E-state index is 0.207. The Morgan fingerprint density at radius 3 is 2.44 bits per heavy atom. The van der Waals surface area contributed by atoms with E-state index < -0.39 is 0 Å². The van der Waals surface area contributed by atoms with Crippen molar-refractivity contribution in [2.24, 2.45) is 5.73 Å². The first-order valence-corrected chi connectivity index (χ1v) is 6.46. The lowest BCUT2D eigenvalue weighted by atomic mass is 10.1. The second-order valence-corrected chi connectivity index (χ2v) is 4.72. The predicted molar refractivity (Wildman–Crippen MR) is 75.3 cm³/mol. The molecular formula is C14H24FN3. The van der Waals surface area contributed by atoms with Crippen molar-refractivity contribution in [3.63, 3.8) is 0 Å². The molecule has 0 spiro atoms. The lowest BCUT2D eigenvalue weighted by Gasteiger charge is -2.24. The topological polar surface area (TPSA) is 32.5 Å². The van der Waals surface area contributed by atoms with Crippen LogP contribution in [-0.2, 0) is 6.54 Å². The highest BCUT2D eigenvalue weighted by Crippen LogP contribution is 2.18. The van der Waals surface area contributed by atoms with Crippen LogP contribution in [0.1, 0.15) is 18.9 Å². The lowest BCUT2D eigenvalue weighted by Crippen LogP contribution is -2.27. The molecule has 0 bridgehead atoms. The van der Waals surface area contributed by atoms with Crippen molar-refractivity contribution in [2.45, 2.75) is 19.9 Å². The summed E-state index contributed by atoms with van der Waals surface area (Å²) in [6.45, 7) is 5.20. The third kappa shape index (κ3) is 4.27. The SMILES string of the molecule is CCN(CCCN(C)C)c1ccc(CN)c(F)c1. The van der Waals surface area contributed by atoms with E-state index in [0.717, 1.165) is 31.7 Å². The van der Waals surface area contributed by atoms with Gasteiger partial charge in [-0.15, -0.1) is 0 Å². The Morgan fingerprint density at radius 1 is 1.22 bits per heavy atom. The van der Waals surface area contributed by atoms with Crippen LogP contribution in [0.2, 0.25) is 0 Å². The molecule has 3 nitrogen and oxygen atoms in total. The normalized spacial score (nSPS) is 11.0. The van der Waals surface area contributed by atoms with Crippen LogP contribution >= 0.6 is 0 Å². The Bertz CT molecular complexity index is 366. The number of hydrogen-bond acceptors (Lipinski definition) is 3. The van der Waals surface area contributed by atoms with Crippen molar-refractivity contribution < 1.29 is 4.39 Å². The Labute approximate surface area is 109 Å². The van der Waals surface area contributed by atoms with Crippen molar-refractivity contribution in [3.8, 4) is 0 Å². The van der Waals surface area contributed by atoms with Gasteiger partial charge in [0.15, 0.2) is 0 Å². The second-order valence-electron chi connectivity index (χ2n) is 4.72. The third-order valence-corrected chi connectivity index (χ3v) is 3.04. The van der Waals surface area contributed by atoms with Gasteiger partial charge in [0.1, 0.15) is 5.82 Å². The molecule has 0 aliphatic carbocycles. The molecule has 2 N–H and O–H groups in total. The number of nitrogens with zero attached hydrogens (tertiary/aromatic N) is 2. The van der Waals surface area contributed by atoms with Gasteiger partial charge in [-0.2, -0.15) is 0 Å². The maximum absolute atomic E-state index is 13.7. The van der Waals surface area contributed by atoms with Gasteiger partial charge >= 0.3 is 0 Å². The van der Waals surface area contributed by atoms with E-state index >= 15 is 0 Å². The molecule has 0 aromatic heterocycles. The molecule has 0 fully saturated rings. The van der Waals surface area contributed by atoms with Crippen LogP contribution in [0.25, 0.3) is 0 Å². The molecule has 0 aliphatic rings. The van der Waals surface area contributed by atoms with Crippen LogP contribution in [0.5, 0.6) is 0 Å². The molecule has 0 unspecified atom stereocenters. The quantitative estimate of drug-likeness (QED) is 0.807. The van der Waals surface area contributed by atoms with E-state index in [1.165, 1.54) is 0 Å². The molecule has 0 saturated carbocycles. The second kappa shape index (κ2) is 7.34. The Balaban J connectivity index is 2.67. The van der Waals surface area contributed by atoms with Gasteiger partial charge in [-0.25, -0.2) is 4.39 Å². The van der Waals surface area contributed by atoms with Gasteiger partial charge in [0.25, 0.3) is 0 Å². The summed E-state index contributed by atoms with van der Waals surface area (Å²) >= 11 is 0. The predicted octanol–water partition coefficient (Wildman–Crippen LogP) is 2.06. The van der Waals surface area contributed by atoms with Crippen molar-refractivity contribution in [1.82, 2.24) is 4.90 Å². The van der Waals surface area contributed by atoms with Crippen molar-refractivity contribution >= 4 is 5.69 Å². The smallest absolute Gasteiger partial charge is 0.129 e. The molecule has 0 heterocycles. The summed E-state index contributed by atoms with van der Waals surface area (Å²) in [5.41, 5.74) is 6.97. The number of anilines is 1. The van der Waals surface area contributed by atoms with Crippen LogP contribution in [0.15, 0.2) is 18.2 Å². The fourth-order valence-corrected chi connectivity index (χ4v) is 1.95. The fourth-order valence-electron chi connectivity index (χ4n) is 1.95. The highest BCUT2D eigenvalue weighted by Gasteiger charge is 2.07. The fraction of sp³-hybridized carbons (Fsp3) is 0.571. The van der Waals surface area contributed by atoms with E-state index in [-0.39, 0.29) is 12.4 Å². The molecule has 0 aliphatic heterocycles. The maximum atomic E-state index is 13.7. The third-order valence-electron chi connectivity index (χ3n) is 3.04. The molecule has 1 rings (SSSR count). The van der Waals surface area contributed by atoms with E-state index in [4.69, 9.17) is 5.73 Å². The molecule has 4 heteroatoms. The van der Waals surface area contributed by atoms with Gasteiger partial charge in [0.2, 0.25) is 0 Å². The lowest BCUT2D eigenvalue weighted by molar-refractivity contribution is 0.400. The van der Waals surface area contributed by atoms with Gasteiger partial charge in [-0.3, -0.25) is 0 Å². The van der Waals surface area contributed by atoms with E-state index in [1.807, 2.05) is 6.07 Å². The number of halogens is 1. The van der Waals surface area contributed by atoms with Gasteiger partial charge in [0, 0.05) is 30.9 Å². The summed E-state index contributed by atoms with van der Waals surface area (Å²) in [6.07, 6.45) is 1.07.